The van der Waals surface area contributed by atoms with E-state index in [1.807, 2.05) is 0 Å². The van der Waals surface area contributed by atoms with Crippen molar-refractivity contribution in [3.05, 3.63) is 0 Å². The molecule has 1 aliphatic rings. The molecule has 7 nitrogen and oxygen atoms in total. The first-order valence-corrected chi connectivity index (χ1v) is 6.24. The molecule has 0 saturated carbocycles. The number of carboxylic acid groups (broad SMARTS) is 1. The predicted octanol–water partition coefficient (Wildman–Crippen LogP) is -0.0912. The first-order chi connectivity index (χ1) is 8.26. The smallest absolute Gasteiger partial charge is 0.318 e. The van der Waals surface area contributed by atoms with Crippen LogP contribution in [0.3, 0.4) is 0 Å². The fourth-order valence-electron chi connectivity index (χ4n) is 1.20. The molecule has 1 aliphatic heterocycles. The van der Waals surface area contributed by atoms with Crippen molar-refractivity contribution in [2.24, 2.45) is 5.41 Å². The second kappa shape index (κ2) is 5.38. The maximum atomic E-state index is 11.6. The van der Waals surface area contributed by atoms with Crippen LogP contribution >= 0.6 is 11.8 Å². The van der Waals surface area contributed by atoms with Crippen molar-refractivity contribution < 1.29 is 24.3 Å². The van der Waals surface area contributed by atoms with Crippen molar-refractivity contribution in [1.82, 2.24) is 10.2 Å². The minimum atomic E-state index is -1.53. The zero-order valence-corrected chi connectivity index (χ0v) is 10.9. The van der Waals surface area contributed by atoms with Crippen molar-refractivity contribution in [2.75, 3.05) is 18.8 Å². The summed E-state index contributed by atoms with van der Waals surface area (Å²) in [5.74, 6) is -2.06. The highest BCUT2D eigenvalue weighted by molar-refractivity contribution is 8.14. The molecule has 100 valence electrons. The van der Waals surface area contributed by atoms with Gasteiger partial charge in [-0.15, -0.1) is 0 Å². The average molecular weight is 274 g/mol. The van der Waals surface area contributed by atoms with Crippen LogP contribution in [-0.4, -0.2) is 51.9 Å². The van der Waals surface area contributed by atoms with Crippen LogP contribution in [0.15, 0.2) is 0 Å². The standard InChI is InChI=1S/C10H14N2O5S/c1-10(2,8(15)16)7(14)11-3-4-12-6(13)5-18-9(12)17/h3-5H2,1-2H3,(H,11,14)(H,15,16). The Kier molecular flexibility index (Phi) is 4.33. The van der Waals surface area contributed by atoms with E-state index in [0.29, 0.717) is 0 Å². The molecule has 0 bridgehead atoms. The van der Waals surface area contributed by atoms with Crippen molar-refractivity contribution >= 4 is 34.8 Å². The number of aliphatic carboxylic acids is 1. The van der Waals surface area contributed by atoms with Gasteiger partial charge in [0.25, 0.3) is 5.24 Å². The van der Waals surface area contributed by atoms with Crippen molar-refractivity contribution in [1.29, 1.82) is 0 Å². The van der Waals surface area contributed by atoms with Gasteiger partial charge in [-0.3, -0.25) is 24.1 Å². The fourth-order valence-corrected chi connectivity index (χ4v) is 1.95. The Labute approximate surface area is 108 Å². The Balaban J connectivity index is 2.43. The zero-order valence-electron chi connectivity index (χ0n) is 10.1. The molecule has 0 radical (unpaired) electrons. The maximum absolute atomic E-state index is 11.6. The maximum Gasteiger partial charge on any atom is 0.318 e. The summed E-state index contributed by atoms with van der Waals surface area (Å²) in [6.07, 6.45) is 0. The number of thioether (sulfide) groups is 1. The number of nitrogens with zero attached hydrogens (tertiary/aromatic N) is 1. The first-order valence-electron chi connectivity index (χ1n) is 5.25. The number of imide groups is 1. The third-order valence-corrected chi connectivity index (χ3v) is 3.42. The van der Waals surface area contributed by atoms with Crippen LogP contribution in [0, 0.1) is 5.41 Å². The van der Waals surface area contributed by atoms with E-state index in [2.05, 4.69) is 5.32 Å². The van der Waals surface area contributed by atoms with Gasteiger partial charge in [0.15, 0.2) is 0 Å². The number of carboxylic acids is 1. The minimum Gasteiger partial charge on any atom is -0.480 e. The summed E-state index contributed by atoms with van der Waals surface area (Å²) in [6, 6.07) is 0. The molecule has 0 atom stereocenters. The van der Waals surface area contributed by atoms with Gasteiger partial charge >= 0.3 is 5.97 Å². The second-order valence-electron chi connectivity index (χ2n) is 4.29. The molecule has 8 heteroatoms. The van der Waals surface area contributed by atoms with Gasteiger partial charge in [0.1, 0.15) is 5.41 Å². The summed E-state index contributed by atoms with van der Waals surface area (Å²) in [4.78, 5) is 45.9. The average Bonchev–Trinajstić information content (AvgIpc) is 2.59. The second-order valence-corrected chi connectivity index (χ2v) is 5.21. The quantitative estimate of drug-likeness (QED) is 0.679. The highest BCUT2D eigenvalue weighted by Gasteiger charge is 2.36. The fraction of sp³-hybridized carbons (Fsp3) is 0.600. The normalized spacial score (nSPS) is 16.0. The number of hydrogen-bond donors (Lipinski definition) is 2. The number of nitrogens with one attached hydrogen (secondary N) is 1. The van der Waals surface area contributed by atoms with E-state index in [4.69, 9.17) is 5.11 Å². The molecule has 0 unspecified atom stereocenters. The molecule has 3 amide bonds. The lowest BCUT2D eigenvalue weighted by molar-refractivity contribution is -0.153. The van der Waals surface area contributed by atoms with E-state index in [1.54, 1.807) is 0 Å². The number of amides is 3. The lowest BCUT2D eigenvalue weighted by Gasteiger charge is -2.19. The van der Waals surface area contributed by atoms with E-state index in [0.717, 1.165) is 16.7 Å². The van der Waals surface area contributed by atoms with E-state index >= 15 is 0 Å². The molecular weight excluding hydrogens is 260 g/mol. The SMILES string of the molecule is CC(C)(C(=O)O)C(=O)NCCN1C(=O)CSC1=O. The van der Waals surface area contributed by atoms with Gasteiger partial charge in [0.2, 0.25) is 11.8 Å². The van der Waals surface area contributed by atoms with Crippen molar-refractivity contribution in [3.63, 3.8) is 0 Å². The topological polar surface area (TPSA) is 104 Å². The molecule has 2 N–H and O–H groups in total. The third-order valence-electron chi connectivity index (χ3n) is 2.56. The van der Waals surface area contributed by atoms with Gasteiger partial charge in [-0.2, -0.15) is 0 Å². The van der Waals surface area contributed by atoms with Gasteiger partial charge in [0.05, 0.1) is 5.75 Å². The Morgan fingerprint density at radius 2 is 2.06 bits per heavy atom. The number of carbonyl (C=O) groups is 4. The Hall–Kier alpha value is -1.57. The van der Waals surface area contributed by atoms with Gasteiger partial charge in [-0.05, 0) is 13.8 Å². The predicted molar refractivity (Wildman–Crippen MR) is 64.0 cm³/mol. The Morgan fingerprint density at radius 3 is 2.50 bits per heavy atom. The summed E-state index contributed by atoms with van der Waals surface area (Å²) in [6.45, 7) is 2.68. The molecule has 1 saturated heterocycles. The third kappa shape index (κ3) is 3.00. The largest absolute Gasteiger partial charge is 0.480 e. The van der Waals surface area contributed by atoms with Crippen molar-refractivity contribution in [3.8, 4) is 0 Å². The van der Waals surface area contributed by atoms with E-state index in [-0.39, 0.29) is 30.0 Å². The van der Waals surface area contributed by atoms with Gasteiger partial charge < -0.3 is 10.4 Å². The van der Waals surface area contributed by atoms with E-state index < -0.39 is 17.3 Å². The Morgan fingerprint density at radius 1 is 1.44 bits per heavy atom. The van der Waals surface area contributed by atoms with Crippen LogP contribution < -0.4 is 5.32 Å². The van der Waals surface area contributed by atoms with E-state index in [9.17, 15) is 19.2 Å². The van der Waals surface area contributed by atoms with Gasteiger partial charge in [0, 0.05) is 13.1 Å². The molecule has 0 aromatic heterocycles. The zero-order chi connectivity index (χ0) is 13.9. The summed E-state index contributed by atoms with van der Waals surface area (Å²) in [5.41, 5.74) is -1.53. The monoisotopic (exact) mass is 274 g/mol. The summed E-state index contributed by atoms with van der Waals surface area (Å²) < 4.78 is 0. The molecular formula is C10H14N2O5S. The molecule has 0 aromatic carbocycles. The summed E-state index contributed by atoms with van der Waals surface area (Å²) >= 11 is 0.913. The summed E-state index contributed by atoms with van der Waals surface area (Å²) in [5, 5.41) is 10.9. The van der Waals surface area contributed by atoms with Crippen molar-refractivity contribution in [2.45, 2.75) is 13.8 Å². The van der Waals surface area contributed by atoms with Crippen LogP contribution in [0.1, 0.15) is 13.8 Å². The van der Waals surface area contributed by atoms with E-state index in [1.165, 1.54) is 13.8 Å². The molecule has 1 rings (SSSR count). The highest BCUT2D eigenvalue weighted by atomic mass is 32.2. The highest BCUT2D eigenvalue weighted by Crippen LogP contribution is 2.18. The molecule has 1 fully saturated rings. The van der Waals surface area contributed by atoms with Crippen LogP contribution in [0.25, 0.3) is 0 Å². The number of rotatable bonds is 5. The lowest BCUT2D eigenvalue weighted by atomic mass is 9.93. The number of carbonyl (C=O) groups excluding carboxylic acids is 3. The van der Waals surface area contributed by atoms with Gasteiger partial charge in [-0.1, -0.05) is 11.8 Å². The lowest BCUT2D eigenvalue weighted by Crippen LogP contribution is -2.45. The van der Waals surface area contributed by atoms with Crippen LogP contribution in [-0.2, 0) is 14.4 Å². The molecule has 0 aromatic rings. The minimum absolute atomic E-state index is 0.0492. The molecule has 18 heavy (non-hydrogen) atoms. The van der Waals surface area contributed by atoms with Crippen LogP contribution in [0.4, 0.5) is 4.79 Å². The summed E-state index contributed by atoms with van der Waals surface area (Å²) in [7, 11) is 0. The van der Waals surface area contributed by atoms with Gasteiger partial charge in [-0.25, -0.2) is 0 Å². The Bertz CT molecular complexity index is 391. The van der Waals surface area contributed by atoms with Crippen LogP contribution in [0.5, 0.6) is 0 Å². The molecule has 0 aliphatic carbocycles. The number of hydrogen-bond acceptors (Lipinski definition) is 5. The molecule has 0 spiro atoms. The first kappa shape index (κ1) is 14.5. The van der Waals surface area contributed by atoms with Crippen LogP contribution in [0.2, 0.25) is 0 Å². The molecule has 1 heterocycles.